The topological polar surface area (TPSA) is 44.1 Å². The molecule has 0 radical (unpaired) electrons. The quantitative estimate of drug-likeness (QED) is 0.855. The fourth-order valence-electron chi connectivity index (χ4n) is 1.90. The van der Waals surface area contributed by atoms with Crippen LogP contribution in [-0.2, 0) is 12.2 Å². The molecule has 1 aromatic heterocycles. The third-order valence-electron chi connectivity index (χ3n) is 3.21. The number of aryl methyl sites for hydroxylation is 1. The fourth-order valence-corrected chi connectivity index (χ4v) is 4.25. The average Bonchev–Trinajstić information content (AvgIpc) is 2.81. The first-order chi connectivity index (χ1) is 8.63. The highest BCUT2D eigenvalue weighted by atomic mass is 32.2. The predicted molar refractivity (Wildman–Crippen MR) is 76.0 cm³/mol. The Morgan fingerprint density at radius 2 is 2.44 bits per heavy atom. The molecule has 1 aromatic rings. The van der Waals surface area contributed by atoms with Crippen molar-refractivity contribution in [3.8, 4) is 6.07 Å². The number of carbonyl (C=O) groups excluding carboxylic acids is 1. The number of thioether (sulfide) groups is 1. The zero-order valence-electron chi connectivity index (χ0n) is 10.6. The maximum Gasteiger partial charge on any atom is 0.263 e. The molecule has 0 fully saturated rings. The van der Waals surface area contributed by atoms with Crippen LogP contribution in [0.4, 0.5) is 0 Å². The van der Waals surface area contributed by atoms with Crippen LogP contribution in [0.5, 0.6) is 0 Å². The van der Waals surface area contributed by atoms with Crippen molar-refractivity contribution in [2.24, 2.45) is 0 Å². The molecule has 0 N–H and O–H groups in total. The Hall–Kier alpha value is -0.990. The molecule has 96 valence electrons. The van der Waals surface area contributed by atoms with E-state index in [9.17, 15) is 4.79 Å². The second-order valence-corrected chi connectivity index (χ2v) is 6.73. The molecule has 2 rings (SSSR count). The van der Waals surface area contributed by atoms with Gasteiger partial charge in [-0.1, -0.05) is 0 Å². The highest BCUT2D eigenvalue weighted by molar-refractivity contribution is 7.98. The summed E-state index contributed by atoms with van der Waals surface area (Å²) in [7, 11) is 1.78. The molecular weight excluding hydrogens is 264 g/mol. The number of thiophene rings is 1. The Morgan fingerprint density at radius 3 is 3.11 bits per heavy atom. The monoisotopic (exact) mass is 280 g/mol. The average molecular weight is 280 g/mol. The Balaban J connectivity index is 2.14. The normalized spacial score (nSPS) is 15.6. The summed E-state index contributed by atoms with van der Waals surface area (Å²) in [5.41, 5.74) is 1.32. The Bertz CT molecular complexity index is 466. The zero-order chi connectivity index (χ0) is 13.1. The van der Waals surface area contributed by atoms with Crippen LogP contribution < -0.4 is 0 Å². The SMILES string of the molecule is CC(CC#N)N(C)C(=O)c1cc2c(s1)CCSC2. The number of rotatable bonds is 3. The minimum Gasteiger partial charge on any atom is -0.337 e. The van der Waals surface area contributed by atoms with Crippen LogP contribution in [0.25, 0.3) is 0 Å². The first kappa shape index (κ1) is 13.4. The molecular formula is C13H16N2OS2. The number of fused-ring (bicyclic) bond motifs is 1. The third kappa shape index (κ3) is 2.70. The lowest BCUT2D eigenvalue weighted by molar-refractivity contribution is 0.0751. The minimum absolute atomic E-state index is 0.0315. The number of nitriles is 1. The van der Waals surface area contributed by atoms with E-state index in [0.29, 0.717) is 6.42 Å². The van der Waals surface area contributed by atoms with Crippen molar-refractivity contribution in [2.45, 2.75) is 31.6 Å². The summed E-state index contributed by atoms with van der Waals surface area (Å²) < 4.78 is 0. The van der Waals surface area contributed by atoms with Crippen LogP contribution in [0.3, 0.4) is 0 Å². The van der Waals surface area contributed by atoms with E-state index in [1.807, 2.05) is 24.8 Å². The number of nitrogens with zero attached hydrogens (tertiary/aromatic N) is 2. The summed E-state index contributed by atoms with van der Waals surface area (Å²) in [5.74, 6) is 2.22. The van der Waals surface area contributed by atoms with E-state index in [4.69, 9.17) is 5.26 Å². The van der Waals surface area contributed by atoms with Crippen LogP contribution >= 0.6 is 23.1 Å². The van der Waals surface area contributed by atoms with Gasteiger partial charge in [-0.25, -0.2) is 0 Å². The second kappa shape index (κ2) is 5.77. The van der Waals surface area contributed by atoms with Gasteiger partial charge in [-0.2, -0.15) is 17.0 Å². The van der Waals surface area contributed by atoms with E-state index in [-0.39, 0.29) is 11.9 Å². The molecule has 0 spiro atoms. The van der Waals surface area contributed by atoms with Crippen molar-refractivity contribution in [2.75, 3.05) is 12.8 Å². The molecule has 1 aliphatic heterocycles. The van der Waals surface area contributed by atoms with Gasteiger partial charge in [0.25, 0.3) is 5.91 Å². The third-order valence-corrected chi connectivity index (χ3v) is 5.44. The summed E-state index contributed by atoms with van der Waals surface area (Å²) >= 11 is 3.54. The van der Waals surface area contributed by atoms with E-state index >= 15 is 0 Å². The highest BCUT2D eigenvalue weighted by Gasteiger charge is 2.22. The van der Waals surface area contributed by atoms with Gasteiger partial charge in [0.15, 0.2) is 0 Å². The van der Waals surface area contributed by atoms with Crippen LogP contribution in [0.1, 0.15) is 33.5 Å². The van der Waals surface area contributed by atoms with Crippen molar-refractivity contribution in [3.05, 3.63) is 21.4 Å². The Morgan fingerprint density at radius 1 is 1.67 bits per heavy atom. The lowest BCUT2D eigenvalue weighted by atomic mass is 10.2. The van der Waals surface area contributed by atoms with Gasteiger partial charge in [-0.15, -0.1) is 11.3 Å². The molecule has 1 amide bonds. The van der Waals surface area contributed by atoms with Crippen LogP contribution in [0, 0.1) is 11.3 Å². The van der Waals surface area contributed by atoms with Crippen LogP contribution in [0.2, 0.25) is 0 Å². The molecule has 1 unspecified atom stereocenters. The smallest absolute Gasteiger partial charge is 0.263 e. The predicted octanol–water partition coefficient (Wildman–Crippen LogP) is 2.91. The molecule has 0 saturated heterocycles. The maximum absolute atomic E-state index is 12.3. The summed E-state index contributed by atoms with van der Waals surface area (Å²) in [5, 5.41) is 8.68. The van der Waals surface area contributed by atoms with Crippen molar-refractivity contribution in [1.29, 1.82) is 5.26 Å². The lowest BCUT2D eigenvalue weighted by Crippen LogP contribution is -2.34. The zero-order valence-corrected chi connectivity index (χ0v) is 12.2. The number of hydrogen-bond acceptors (Lipinski definition) is 4. The van der Waals surface area contributed by atoms with Gasteiger partial charge in [0.1, 0.15) is 0 Å². The summed E-state index contributed by atoms with van der Waals surface area (Å²) in [6, 6.07) is 4.11. The lowest BCUT2D eigenvalue weighted by Gasteiger charge is -2.22. The maximum atomic E-state index is 12.3. The molecule has 0 aliphatic carbocycles. The largest absolute Gasteiger partial charge is 0.337 e. The molecule has 0 saturated carbocycles. The van der Waals surface area contributed by atoms with Crippen molar-refractivity contribution < 1.29 is 4.79 Å². The fraction of sp³-hybridized carbons (Fsp3) is 0.538. The van der Waals surface area contributed by atoms with Gasteiger partial charge in [0.2, 0.25) is 0 Å². The molecule has 1 atom stereocenters. The number of hydrogen-bond donors (Lipinski definition) is 0. The van der Waals surface area contributed by atoms with Gasteiger partial charge in [0, 0.05) is 23.7 Å². The van der Waals surface area contributed by atoms with E-state index in [2.05, 4.69) is 6.07 Å². The second-order valence-electron chi connectivity index (χ2n) is 4.49. The summed E-state index contributed by atoms with van der Waals surface area (Å²) in [4.78, 5) is 16.1. The first-order valence-electron chi connectivity index (χ1n) is 5.97. The molecule has 0 bridgehead atoms. The van der Waals surface area contributed by atoms with E-state index in [1.54, 1.807) is 23.3 Å². The minimum atomic E-state index is -0.0315. The molecule has 5 heteroatoms. The van der Waals surface area contributed by atoms with E-state index in [0.717, 1.165) is 22.8 Å². The summed E-state index contributed by atoms with van der Waals surface area (Å²) in [6.45, 7) is 1.91. The van der Waals surface area contributed by atoms with Gasteiger partial charge in [0.05, 0.1) is 17.4 Å². The van der Waals surface area contributed by atoms with Crippen molar-refractivity contribution in [1.82, 2.24) is 4.90 Å². The molecule has 2 heterocycles. The van der Waals surface area contributed by atoms with E-state index in [1.165, 1.54) is 10.4 Å². The molecule has 0 aromatic carbocycles. The van der Waals surface area contributed by atoms with Gasteiger partial charge in [-0.05, 0) is 30.7 Å². The molecule has 1 aliphatic rings. The number of carbonyl (C=O) groups is 1. The van der Waals surface area contributed by atoms with Gasteiger partial charge < -0.3 is 4.90 Å². The van der Waals surface area contributed by atoms with Crippen LogP contribution in [-0.4, -0.2) is 29.6 Å². The van der Waals surface area contributed by atoms with Gasteiger partial charge >= 0.3 is 0 Å². The standard InChI is InChI=1S/C13H16N2OS2/c1-9(3-5-14)15(2)13(16)12-7-10-8-17-6-4-11(10)18-12/h7,9H,3-4,6,8H2,1-2H3. The first-order valence-corrected chi connectivity index (χ1v) is 7.94. The van der Waals surface area contributed by atoms with Gasteiger partial charge in [-0.3, -0.25) is 4.79 Å². The van der Waals surface area contributed by atoms with Crippen LogP contribution in [0.15, 0.2) is 6.07 Å². The van der Waals surface area contributed by atoms with E-state index < -0.39 is 0 Å². The molecule has 18 heavy (non-hydrogen) atoms. The number of amides is 1. The van der Waals surface area contributed by atoms with Crippen molar-refractivity contribution >= 4 is 29.0 Å². The summed E-state index contributed by atoms with van der Waals surface area (Å²) in [6.07, 6.45) is 1.46. The Labute approximate surface area is 116 Å². The Kier molecular flexibility index (Phi) is 4.31. The molecule has 3 nitrogen and oxygen atoms in total. The highest BCUT2D eigenvalue weighted by Crippen LogP contribution is 2.32. The van der Waals surface area contributed by atoms with Crippen molar-refractivity contribution in [3.63, 3.8) is 0 Å².